The van der Waals surface area contributed by atoms with Crippen molar-refractivity contribution < 1.29 is 24.2 Å². The Morgan fingerprint density at radius 3 is 2.65 bits per heavy atom. The monoisotopic (exact) mass is 362 g/mol. The number of cyclic esters (lactones) is 1. The number of rotatable bonds is 11. The van der Waals surface area contributed by atoms with Crippen molar-refractivity contribution in [3.63, 3.8) is 0 Å². The number of benzene rings is 1. The fourth-order valence-electron chi connectivity index (χ4n) is 3.38. The summed E-state index contributed by atoms with van der Waals surface area (Å²) in [6.45, 7) is 2.10. The van der Waals surface area contributed by atoms with E-state index in [2.05, 4.69) is 6.92 Å². The van der Waals surface area contributed by atoms with Gasteiger partial charge in [-0.3, -0.25) is 4.79 Å². The van der Waals surface area contributed by atoms with Crippen LogP contribution in [0.2, 0.25) is 0 Å². The van der Waals surface area contributed by atoms with E-state index >= 15 is 0 Å². The highest BCUT2D eigenvalue weighted by molar-refractivity contribution is 5.95. The Labute approximate surface area is 155 Å². The molecule has 5 heteroatoms. The van der Waals surface area contributed by atoms with Crippen LogP contribution in [0.5, 0.6) is 11.5 Å². The van der Waals surface area contributed by atoms with Crippen LogP contribution in [0.1, 0.15) is 80.6 Å². The fraction of sp³-hybridized carbons (Fsp3) is 0.619. The second kappa shape index (κ2) is 10.2. The number of ketones is 1. The normalized spacial score (nSPS) is 16.1. The molecule has 0 bridgehead atoms. The van der Waals surface area contributed by atoms with Crippen LogP contribution in [0.3, 0.4) is 0 Å². The van der Waals surface area contributed by atoms with Gasteiger partial charge in [0.15, 0.2) is 0 Å². The van der Waals surface area contributed by atoms with E-state index in [0.29, 0.717) is 30.8 Å². The molecule has 0 fully saturated rings. The first kappa shape index (κ1) is 20.3. The lowest BCUT2D eigenvalue weighted by molar-refractivity contribution is -0.119. The zero-order valence-corrected chi connectivity index (χ0v) is 15.9. The van der Waals surface area contributed by atoms with Gasteiger partial charge in [0, 0.05) is 25.3 Å². The van der Waals surface area contributed by atoms with Crippen LogP contribution in [-0.4, -0.2) is 30.1 Å². The highest BCUT2D eigenvalue weighted by atomic mass is 16.5. The van der Waals surface area contributed by atoms with E-state index in [0.717, 1.165) is 50.5 Å². The number of aromatic hydroxyl groups is 1. The smallest absolute Gasteiger partial charge is 0.342 e. The SMILES string of the molecule is CCCCC(=O)CCCCCCC1Cc2cc(OC)cc(O)c2C(=O)O1. The number of ether oxygens (including phenoxy) is 2. The van der Waals surface area contributed by atoms with Crippen molar-refractivity contribution >= 4 is 11.8 Å². The summed E-state index contributed by atoms with van der Waals surface area (Å²) in [5.41, 5.74) is 1.04. The van der Waals surface area contributed by atoms with Crippen molar-refractivity contribution in [1.29, 1.82) is 0 Å². The molecule has 144 valence electrons. The molecule has 1 aliphatic heterocycles. The second-order valence-corrected chi connectivity index (χ2v) is 7.01. The van der Waals surface area contributed by atoms with Gasteiger partial charge >= 0.3 is 5.97 Å². The Morgan fingerprint density at radius 1 is 1.19 bits per heavy atom. The Hall–Kier alpha value is -2.04. The van der Waals surface area contributed by atoms with Crippen molar-refractivity contribution in [3.05, 3.63) is 23.3 Å². The van der Waals surface area contributed by atoms with Gasteiger partial charge in [0.2, 0.25) is 0 Å². The molecule has 1 N–H and O–H groups in total. The predicted molar refractivity (Wildman–Crippen MR) is 99.8 cm³/mol. The third-order valence-electron chi connectivity index (χ3n) is 4.87. The molecule has 0 radical (unpaired) electrons. The van der Waals surface area contributed by atoms with E-state index in [1.165, 1.54) is 13.2 Å². The molecule has 0 aromatic heterocycles. The Bertz CT molecular complexity index is 623. The van der Waals surface area contributed by atoms with Gasteiger partial charge < -0.3 is 14.6 Å². The van der Waals surface area contributed by atoms with Gasteiger partial charge in [0.25, 0.3) is 0 Å². The van der Waals surface area contributed by atoms with Gasteiger partial charge in [-0.1, -0.05) is 26.2 Å². The number of phenolic OH excluding ortho intramolecular Hbond substituents is 1. The Morgan fingerprint density at radius 2 is 1.92 bits per heavy atom. The topological polar surface area (TPSA) is 72.8 Å². The zero-order chi connectivity index (χ0) is 18.9. The molecule has 0 saturated heterocycles. The third-order valence-corrected chi connectivity index (χ3v) is 4.87. The molecule has 5 nitrogen and oxygen atoms in total. The maximum atomic E-state index is 12.2. The number of methoxy groups -OCH3 is 1. The molecule has 1 aromatic carbocycles. The molecule has 1 atom stereocenters. The maximum Gasteiger partial charge on any atom is 0.342 e. The van der Waals surface area contributed by atoms with Crippen LogP contribution in [0.25, 0.3) is 0 Å². The summed E-state index contributed by atoms with van der Waals surface area (Å²) < 4.78 is 10.6. The Balaban J connectivity index is 1.72. The van der Waals surface area contributed by atoms with E-state index in [4.69, 9.17) is 9.47 Å². The number of fused-ring (bicyclic) bond motifs is 1. The number of Topliss-reactive ketones (excluding diaryl/α,β-unsaturated/α-hetero) is 1. The minimum Gasteiger partial charge on any atom is -0.507 e. The highest BCUT2D eigenvalue weighted by Gasteiger charge is 2.29. The van der Waals surface area contributed by atoms with Crippen molar-refractivity contribution in [2.75, 3.05) is 7.11 Å². The zero-order valence-electron chi connectivity index (χ0n) is 15.9. The molecule has 0 amide bonds. The van der Waals surface area contributed by atoms with E-state index in [-0.39, 0.29) is 17.4 Å². The molecule has 0 spiro atoms. The average Bonchev–Trinajstić information content (AvgIpc) is 2.62. The fourth-order valence-corrected chi connectivity index (χ4v) is 3.38. The molecular weight excluding hydrogens is 332 g/mol. The van der Waals surface area contributed by atoms with Crippen LogP contribution in [-0.2, 0) is 16.0 Å². The van der Waals surface area contributed by atoms with Crippen molar-refractivity contribution in [3.8, 4) is 11.5 Å². The lowest BCUT2D eigenvalue weighted by Gasteiger charge is -2.25. The second-order valence-electron chi connectivity index (χ2n) is 7.01. The van der Waals surface area contributed by atoms with Crippen molar-refractivity contribution in [1.82, 2.24) is 0 Å². The number of hydrogen-bond acceptors (Lipinski definition) is 5. The number of carbonyl (C=O) groups excluding carboxylic acids is 2. The summed E-state index contributed by atoms with van der Waals surface area (Å²) in [5, 5.41) is 9.99. The van der Waals surface area contributed by atoms with Crippen LogP contribution in [0.15, 0.2) is 12.1 Å². The minimum absolute atomic E-state index is 0.0875. The van der Waals surface area contributed by atoms with Crippen LogP contribution in [0, 0.1) is 0 Å². The van der Waals surface area contributed by atoms with E-state index < -0.39 is 5.97 Å². The van der Waals surface area contributed by atoms with Crippen LogP contribution < -0.4 is 4.74 Å². The molecule has 1 aliphatic rings. The molecule has 1 unspecified atom stereocenters. The molecule has 26 heavy (non-hydrogen) atoms. The number of esters is 1. The van der Waals surface area contributed by atoms with E-state index in [1.54, 1.807) is 6.07 Å². The lowest BCUT2D eigenvalue weighted by Crippen LogP contribution is -2.27. The number of phenols is 1. The summed E-state index contributed by atoms with van der Waals surface area (Å²) in [6, 6.07) is 3.23. The number of unbranched alkanes of at least 4 members (excludes halogenated alkanes) is 4. The maximum absolute atomic E-state index is 12.2. The number of carbonyl (C=O) groups is 2. The van der Waals surface area contributed by atoms with Crippen LogP contribution in [0.4, 0.5) is 0 Å². The van der Waals surface area contributed by atoms with Gasteiger partial charge in [-0.25, -0.2) is 4.79 Å². The molecule has 2 rings (SSSR count). The summed E-state index contributed by atoms with van der Waals surface area (Å²) >= 11 is 0. The largest absolute Gasteiger partial charge is 0.507 e. The third kappa shape index (κ3) is 5.75. The van der Waals surface area contributed by atoms with Crippen molar-refractivity contribution in [2.45, 2.75) is 77.2 Å². The Kier molecular flexibility index (Phi) is 7.95. The van der Waals surface area contributed by atoms with E-state index in [1.807, 2.05) is 0 Å². The molecule has 0 aliphatic carbocycles. The molecule has 1 heterocycles. The standard InChI is InChI=1S/C21H30O5/c1-3-4-9-16(22)10-7-5-6-8-11-17-12-15-13-18(25-2)14-19(23)20(15)21(24)26-17/h13-14,17,23H,3-12H2,1-2H3. The van der Waals surface area contributed by atoms with Gasteiger partial charge in [-0.15, -0.1) is 0 Å². The van der Waals surface area contributed by atoms with Crippen molar-refractivity contribution in [2.24, 2.45) is 0 Å². The summed E-state index contributed by atoms with van der Waals surface area (Å²) in [6.07, 6.45) is 8.67. The first-order valence-electron chi connectivity index (χ1n) is 9.67. The summed E-state index contributed by atoms with van der Waals surface area (Å²) in [7, 11) is 1.53. The number of hydrogen-bond donors (Lipinski definition) is 1. The highest BCUT2D eigenvalue weighted by Crippen LogP contribution is 2.33. The van der Waals surface area contributed by atoms with Gasteiger partial charge in [0.05, 0.1) is 7.11 Å². The molecular formula is C21H30O5. The molecule has 1 aromatic rings. The average molecular weight is 362 g/mol. The van der Waals surface area contributed by atoms with Gasteiger partial charge in [-0.2, -0.15) is 0 Å². The predicted octanol–water partition coefficient (Wildman–Crippen LogP) is 4.58. The first-order valence-corrected chi connectivity index (χ1v) is 9.67. The summed E-state index contributed by atoms with van der Waals surface area (Å²) in [4.78, 5) is 23.8. The first-order chi connectivity index (χ1) is 12.5. The lowest BCUT2D eigenvalue weighted by atomic mass is 9.94. The summed E-state index contributed by atoms with van der Waals surface area (Å²) in [5.74, 6) is 0.370. The van der Waals surface area contributed by atoms with E-state index in [9.17, 15) is 14.7 Å². The van der Waals surface area contributed by atoms with Crippen LogP contribution >= 0.6 is 0 Å². The quantitative estimate of drug-likeness (QED) is 0.461. The van der Waals surface area contributed by atoms with Gasteiger partial charge in [0.1, 0.15) is 28.9 Å². The van der Waals surface area contributed by atoms with Gasteiger partial charge in [-0.05, 0) is 37.3 Å². The minimum atomic E-state index is -0.460. The molecule has 0 saturated carbocycles.